The van der Waals surface area contributed by atoms with Gasteiger partial charge in [0.15, 0.2) is 11.5 Å². The number of rotatable bonds is 7. The molecule has 0 unspecified atom stereocenters. The molecule has 1 saturated heterocycles. The Morgan fingerprint density at radius 2 is 1.70 bits per heavy atom. The van der Waals surface area contributed by atoms with Crippen LogP contribution in [0.5, 0.6) is 11.5 Å². The second-order valence-electron chi connectivity index (χ2n) is 8.61. The largest absolute Gasteiger partial charge is 0.490 e. The Labute approximate surface area is 201 Å². The summed E-state index contributed by atoms with van der Waals surface area (Å²) in [6.07, 6.45) is 7.68. The molecule has 0 N–H and O–H groups in total. The van der Waals surface area contributed by atoms with E-state index in [2.05, 4.69) is 33.2 Å². The molecule has 2 bridgehead atoms. The summed E-state index contributed by atoms with van der Waals surface area (Å²) in [6, 6.07) is 13.5. The molecule has 1 heterocycles. The molecule has 2 fully saturated rings. The van der Waals surface area contributed by atoms with Crippen molar-refractivity contribution in [1.82, 2.24) is 5.01 Å². The summed E-state index contributed by atoms with van der Waals surface area (Å²) in [6.45, 7) is 2.78. The van der Waals surface area contributed by atoms with Gasteiger partial charge in [-0.15, -0.1) is 0 Å². The van der Waals surface area contributed by atoms with Crippen molar-refractivity contribution in [3.8, 4) is 11.5 Å². The van der Waals surface area contributed by atoms with Crippen molar-refractivity contribution in [2.45, 2.75) is 26.4 Å². The highest BCUT2D eigenvalue weighted by Crippen LogP contribution is 2.49. The Morgan fingerprint density at radius 3 is 2.30 bits per heavy atom. The second-order valence-corrected chi connectivity index (χ2v) is 9.47. The number of hydrogen-bond donors (Lipinski definition) is 0. The van der Waals surface area contributed by atoms with Gasteiger partial charge in [-0.25, -0.2) is 0 Å². The molecule has 6 nitrogen and oxygen atoms in total. The fourth-order valence-electron chi connectivity index (χ4n) is 5.09. The number of ether oxygens (including phenoxy) is 2. The van der Waals surface area contributed by atoms with Crippen LogP contribution in [0, 0.1) is 23.7 Å². The van der Waals surface area contributed by atoms with Crippen LogP contribution in [0.2, 0.25) is 0 Å². The monoisotopic (exact) mass is 508 g/mol. The van der Waals surface area contributed by atoms with Crippen LogP contribution in [0.1, 0.15) is 30.9 Å². The van der Waals surface area contributed by atoms with Gasteiger partial charge in [0, 0.05) is 0 Å². The lowest BCUT2D eigenvalue weighted by Gasteiger charge is -2.37. The molecule has 0 spiro atoms. The number of hydrazone groups is 1. The minimum absolute atomic E-state index is 0.149. The van der Waals surface area contributed by atoms with Gasteiger partial charge in [-0.05, 0) is 70.8 Å². The van der Waals surface area contributed by atoms with E-state index < -0.39 is 0 Å². The van der Waals surface area contributed by atoms with Crippen molar-refractivity contribution in [1.29, 1.82) is 0 Å². The molecule has 0 aromatic heterocycles. The number of carbonyl (C=O) groups excluding carboxylic acids is 2. The second kappa shape index (κ2) is 9.14. The number of halogens is 1. The lowest BCUT2D eigenvalue weighted by molar-refractivity contribution is -0.140. The van der Waals surface area contributed by atoms with Crippen molar-refractivity contribution in [2.75, 3.05) is 6.61 Å². The number of imide groups is 1. The summed E-state index contributed by atoms with van der Waals surface area (Å²) in [7, 11) is 0. The average molecular weight is 509 g/mol. The van der Waals surface area contributed by atoms with Crippen molar-refractivity contribution in [3.05, 3.63) is 70.2 Å². The SMILES string of the molecule is CCOc1cc(/C=N\N2C(=O)[C@H]3[C@H](C2=O)[C@@H]2C=C[C@@H]3CC2)cc(Br)c1OCc1ccccc1. The van der Waals surface area contributed by atoms with Gasteiger partial charge in [-0.1, -0.05) is 42.5 Å². The Hall–Kier alpha value is -2.93. The third-order valence-corrected chi connectivity index (χ3v) is 7.21. The fourth-order valence-corrected chi connectivity index (χ4v) is 5.67. The maximum absolute atomic E-state index is 13.0. The summed E-state index contributed by atoms with van der Waals surface area (Å²) in [5.41, 5.74) is 1.75. The molecule has 2 aromatic carbocycles. The Balaban J connectivity index is 1.36. The molecule has 7 heteroatoms. The van der Waals surface area contributed by atoms with Gasteiger partial charge in [0.1, 0.15) is 6.61 Å². The van der Waals surface area contributed by atoms with Crippen LogP contribution in [-0.2, 0) is 16.2 Å². The van der Waals surface area contributed by atoms with E-state index in [9.17, 15) is 9.59 Å². The summed E-state index contributed by atoms with van der Waals surface area (Å²) in [5, 5.41) is 5.38. The number of hydrogen-bond acceptors (Lipinski definition) is 5. The molecule has 2 amide bonds. The number of benzene rings is 2. The van der Waals surface area contributed by atoms with E-state index in [4.69, 9.17) is 9.47 Å². The smallest absolute Gasteiger partial charge is 0.254 e. The third kappa shape index (κ3) is 4.10. The normalized spacial score (nSPS) is 25.7. The summed E-state index contributed by atoms with van der Waals surface area (Å²) >= 11 is 3.57. The Kier molecular flexibility index (Phi) is 6.06. The van der Waals surface area contributed by atoms with E-state index in [0.717, 1.165) is 23.4 Å². The highest BCUT2D eigenvalue weighted by Gasteiger charge is 2.56. The molecular formula is C26H25BrN2O4. The first kappa shape index (κ1) is 21.9. The first-order valence-electron chi connectivity index (χ1n) is 11.3. The zero-order valence-corrected chi connectivity index (χ0v) is 19.9. The lowest BCUT2D eigenvalue weighted by Crippen LogP contribution is -2.38. The summed E-state index contributed by atoms with van der Waals surface area (Å²) < 4.78 is 12.5. The Morgan fingerprint density at radius 1 is 1.03 bits per heavy atom. The van der Waals surface area contributed by atoms with Gasteiger partial charge in [0.2, 0.25) is 0 Å². The molecule has 6 rings (SSSR count). The highest BCUT2D eigenvalue weighted by atomic mass is 79.9. The molecule has 33 heavy (non-hydrogen) atoms. The molecule has 1 saturated carbocycles. The van der Waals surface area contributed by atoms with Crippen molar-refractivity contribution in [3.63, 3.8) is 0 Å². The minimum atomic E-state index is -0.266. The maximum Gasteiger partial charge on any atom is 0.254 e. The first-order valence-corrected chi connectivity index (χ1v) is 12.1. The molecule has 4 atom stereocenters. The van der Waals surface area contributed by atoms with Gasteiger partial charge >= 0.3 is 0 Å². The fraction of sp³-hybridized carbons (Fsp3) is 0.346. The Bertz CT molecular complexity index is 1100. The number of carbonyl (C=O) groups is 2. The van der Waals surface area contributed by atoms with E-state index in [-0.39, 0.29) is 35.5 Å². The van der Waals surface area contributed by atoms with Crippen molar-refractivity contribution >= 4 is 34.0 Å². The van der Waals surface area contributed by atoms with E-state index in [0.29, 0.717) is 34.7 Å². The topological polar surface area (TPSA) is 68.2 Å². The molecular weight excluding hydrogens is 484 g/mol. The molecule has 1 aliphatic heterocycles. The van der Waals surface area contributed by atoms with Crippen LogP contribution in [0.4, 0.5) is 0 Å². The quantitative estimate of drug-likeness (QED) is 0.301. The van der Waals surface area contributed by atoms with Crippen molar-refractivity contribution in [2.24, 2.45) is 28.8 Å². The predicted octanol–water partition coefficient (Wildman–Crippen LogP) is 4.96. The number of nitrogens with zero attached hydrogens (tertiary/aromatic N) is 2. The van der Waals surface area contributed by atoms with E-state index >= 15 is 0 Å². The maximum atomic E-state index is 13.0. The van der Waals surface area contributed by atoms with Gasteiger partial charge < -0.3 is 9.47 Å². The molecule has 170 valence electrons. The number of amides is 2. The molecule has 4 aliphatic rings. The van der Waals surface area contributed by atoms with Gasteiger partial charge in [0.05, 0.1) is 29.1 Å². The first-order chi connectivity index (χ1) is 16.1. The van der Waals surface area contributed by atoms with Crippen LogP contribution < -0.4 is 9.47 Å². The molecule has 0 radical (unpaired) electrons. The van der Waals surface area contributed by atoms with E-state index in [1.807, 2.05) is 43.3 Å². The van der Waals surface area contributed by atoms with Crippen LogP contribution in [-0.4, -0.2) is 29.6 Å². The average Bonchev–Trinajstić information content (AvgIpc) is 3.10. The molecule has 3 aliphatic carbocycles. The third-order valence-electron chi connectivity index (χ3n) is 6.62. The minimum Gasteiger partial charge on any atom is -0.490 e. The highest BCUT2D eigenvalue weighted by molar-refractivity contribution is 9.10. The predicted molar refractivity (Wildman–Crippen MR) is 128 cm³/mol. The van der Waals surface area contributed by atoms with Crippen LogP contribution >= 0.6 is 15.9 Å². The summed E-state index contributed by atoms with van der Waals surface area (Å²) in [5.74, 6) is 0.557. The number of allylic oxidation sites excluding steroid dienone is 2. The summed E-state index contributed by atoms with van der Waals surface area (Å²) in [4.78, 5) is 26.0. The van der Waals surface area contributed by atoms with E-state index in [1.165, 1.54) is 6.21 Å². The zero-order chi connectivity index (χ0) is 22.9. The van der Waals surface area contributed by atoms with Crippen LogP contribution in [0.3, 0.4) is 0 Å². The molecule has 2 aromatic rings. The zero-order valence-electron chi connectivity index (χ0n) is 18.3. The van der Waals surface area contributed by atoms with Gasteiger partial charge in [-0.3, -0.25) is 9.59 Å². The number of fused-ring (bicyclic) bond motifs is 1. The van der Waals surface area contributed by atoms with Crippen LogP contribution in [0.25, 0.3) is 0 Å². The van der Waals surface area contributed by atoms with Gasteiger partial charge in [-0.2, -0.15) is 10.1 Å². The van der Waals surface area contributed by atoms with Crippen molar-refractivity contribution < 1.29 is 19.1 Å². The lowest BCUT2D eigenvalue weighted by atomic mass is 9.63. The van der Waals surface area contributed by atoms with Crippen LogP contribution in [0.15, 0.2) is 64.2 Å². The van der Waals surface area contributed by atoms with Gasteiger partial charge in [0.25, 0.3) is 11.8 Å². The van der Waals surface area contributed by atoms with E-state index in [1.54, 1.807) is 6.07 Å². The standard InChI is InChI=1S/C26H25BrN2O4/c1-2-32-21-13-17(12-20(27)24(21)33-15-16-6-4-3-5-7-16)14-28-29-25(30)22-18-8-9-19(11-10-18)23(22)26(29)31/h3-9,12-14,18-19,22-23H,2,10-11,15H2,1H3/b28-14-/t18-,19-,22-,23-/m1/s1.